The van der Waals surface area contributed by atoms with Crippen LogP contribution in [0.2, 0.25) is 5.02 Å². The molecule has 3 rings (SSSR count). The van der Waals surface area contributed by atoms with Gasteiger partial charge in [0.2, 0.25) is 0 Å². The molecule has 0 spiro atoms. The van der Waals surface area contributed by atoms with E-state index in [1.54, 1.807) is 6.07 Å². The van der Waals surface area contributed by atoms with E-state index in [1.807, 2.05) is 43.3 Å². The molecule has 0 bridgehead atoms. The first-order valence-electron chi connectivity index (χ1n) is 6.41. The SMILES string of the molecule is Cc1ccc(NC(=O)c2sc3ccccc3c2Cl)cc1N. The molecule has 3 aromatic rings. The molecule has 2 aromatic carbocycles. The zero-order valence-corrected chi connectivity index (χ0v) is 12.9. The number of halogens is 1. The molecule has 0 aliphatic heterocycles. The largest absolute Gasteiger partial charge is 0.398 e. The zero-order chi connectivity index (χ0) is 15.0. The van der Waals surface area contributed by atoms with Gasteiger partial charge in [-0.15, -0.1) is 11.3 Å². The lowest BCUT2D eigenvalue weighted by molar-refractivity contribution is 0.103. The number of nitrogens with two attached hydrogens (primary N) is 1. The van der Waals surface area contributed by atoms with Crippen LogP contribution in [0.4, 0.5) is 11.4 Å². The highest BCUT2D eigenvalue weighted by Crippen LogP contribution is 2.35. The topological polar surface area (TPSA) is 55.1 Å². The number of carbonyl (C=O) groups is 1. The average Bonchev–Trinajstić information content (AvgIpc) is 2.81. The minimum absolute atomic E-state index is 0.218. The van der Waals surface area contributed by atoms with Gasteiger partial charge in [0.15, 0.2) is 0 Å². The van der Waals surface area contributed by atoms with Crippen LogP contribution in [0.1, 0.15) is 15.2 Å². The second-order valence-electron chi connectivity index (χ2n) is 4.77. The van der Waals surface area contributed by atoms with Crippen LogP contribution < -0.4 is 11.1 Å². The molecule has 0 atom stereocenters. The first kappa shape index (κ1) is 13.9. The summed E-state index contributed by atoms with van der Waals surface area (Å²) in [4.78, 5) is 12.9. The molecule has 5 heteroatoms. The van der Waals surface area contributed by atoms with Crippen LogP contribution in [0.3, 0.4) is 0 Å². The predicted octanol–water partition coefficient (Wildman–Crippen LogP) is 4.70. The molecular weight excluding hydrogens is 304 g/mol. The lowest BCUT2D eigenvalue weighted by Crippen LogP contribution is -2.11. The van der Waals surface area contributed by atoms with Crippen molar-refractivity contribution in [2.24, 2.45) is 0 Å². The Labute approximate surface area is 131 Å². The second-order valence-corrected chi connectivity index (χ2v) is 6.20. The first-order valence-corrected chi connectivity index (χ1v) is 7.60. The lowest BCUT2D eigenvalue weighted by atomic mass is 10.2. The molecule has 1 amide bonds. The molecule has 0 unspecified atom stereocenters. The van der Waals surface area contributed by atoms with E-state index in [1.165, 1.54) is 11.3 Å². The van der Waals surface area contributed by atoms with Gasteiger partial charge in [-0.1, -0.05) is 35.9 Å². The van der Waals surface area contributed by atoms with Gasteiger partial charge in [0, 0.05) is 21.5 Å². The summed E-state index contributed by atoms with van der Waals surface area (Å²) >= 11 is 7.68. The van der Waals surface area contributed by atoms with Crippen molar-refractivity contribution in [3.8, 4) is 0 Å². The molecule has 0 saturated carbocycles. The standard InChI is InChI=1S/C16H13ClN2OS/c1-9-6-7-10(8-12(9)18)19-16(20)15-14(17)11-4-2-3-5-13(11)21-15/h2-8H,18H2,1H3,(H,19,20). The van der Waals surface area contributed by atoms with Gasteiger partial charge in [-0.3, -0.25) is 4.79 Å². The molecule has 0 saturated heterocycles. The summed E-state index contributed by atoms with van der Waals surface area (Å²) in [5.74, 6) is -0.218. The number of nitrogens with one attached hydrogen (secondary N) is 1. The Hall–Kier alpha value is -2.04. The van der Waals surface area contributed by atoms with Crippen LogP contribution in [0.5, 0.6) is 0 Å². The van der Waals surface area contributed by atoms with E-state index in [0.717, 1.165) is 15.6 Å². The number of hydrogen-bond acceptors (Lipinski definition) is 3. The minimum Gasteiger partial charge on any atom is -0.398 e. The van der Waals surface area contributed by atoms with Crippen LogP contribution in [-0.4, -0.2) is 5.91 Å². The Morgan fingerprint density at radius 1 is 1.24 bits per heavy atom. The predicted molar refractivity (Wildman–Crippen MR) is 90.4 cm³/mol. The third-order valence-corrected chi connectivity index (χ3v) is 4.95. The summed E-state index contributed by atoms with van der Waals surface area (Å²) in [5, 5.41) is 4.23. The lowest BCUT2D eigenvalue weighted by Gasteiger charge is -2.06. The highest BCUT2D eigenvalue weighted by atomic mass is 35.5. The molecule has 106 valence electrons. The van der Waals surface area contributed by atoms with Crippen molar-refractivity contribution < 1.29 is 4.79 Å². The van der Waals surface area contributed by atoms with Crippen LogP contribution >= 0.6 is 22.9 Å². The Morgan fingerprint density at radius 3 is 2.71 bits per heavy atom. The van der Waals surface area contributed by atoms with Crippen molar-refractivity contribution in [1.29, 1.82) is 0 Å². The quantitative estimate of drug-likeness (QED) is 0.673. The van der Waals surface area contributed by atoms with Crippen LogP contribution in [-0.2, 0) is 0 Å². The fourth-order valence-electron chi connectivity index (χ4n) is 2.07. The van der Waals surface area contributed by atoms with Gasteiger partial charge in [-0.25, -0.2) is 0 Å². The van der Waals surface area contributed by atoms with Gasteiger partial charge in [-0.2, -0.15) is 0 Å². The van der Waals surface area contributed by atoms with E-state index in [4.69, 9.17) is 17.3 Å². The van der Waals surface area contributed by atoms with E-state index in [-0.39, 0.29) is 5.91 Å². The van der Waals surface area contributed by atoms with E-state index in [9.17, 15) is 4.79 Å². The van der Waals surface area contributed by atoms with Crippen molar-refractivity contribution in [3.05, 3.63) is 57.9 Å². The summed E-state index contributed by atoms with van der Waals surface area (Å²) in [6.07, 6.45) is 0. The molecule has 21 heavy (non-hydrogen) atoms. The number of rotatable bonds is 2. The van der Waals surface area contributed by atoms with E-state index in [0.29, 0.717) is 21.3 Å². The summed E-state index contributed by atoms with van der Waals surface area (Å²) in [6, 6.07) is 13.1. The van der Waals surface area contributed by atoms with Gasteiger partial charge >= 0.3 is 0 Å². The third-order valence-electron chi connectivity index (χ3n) is 3.28. The molecule has 1 aromatic heterocycles. The van der Waals surface area contributed by atoms with Gasteiger partial charge < -0.3 is 11.1 Å². The second kappa shape index (κ2) is 5.39. The highest BCUT2D eigenvalue weighted by molar-refractivity contribution is 7.21. The minimum atomic E-state index is -0.218. The molecular formula is C16H13ClN2OS. The highest BCUT2D eigenvalue weighted by Gasteiger charge is 2.17. The van der Waals surface area contributed by atoms with Crippen LogP contribution in [0.15, 0.2) is 42.5 Å². The Balaban J connectivity index is 1.93. The normalized spacial score (nSPS) is 10.8. The maximum absolute atomic E-state index is 12.4. The summed E-state index contributed by atoms with van der Waals surface area (Å²) in [6.45, 7) is 1.92. The van der Waals surface area contributed by atoms with Crippen molar-refractivity contribution in [2.75, 3.05) is 11.1 Å². The number of fused-ring (bicyclic) bond motifs is 1. The number of aryl methyl sites for hydroxylation is 1. The molecule has 0 fully saturated rings. The van der Waals surface area contributed by atoms with E-state index >= 15 is 0 Å². The van der Waals surface area contributed by atoms with Gasteiger partial charge in [0.05, 0.1) is 5.02 Å². The maximum atomic E-state index is 12.4. The number of carbonyl (C=O) groups excluding carboxylic acids is 1. The smallest absolute Gasteiger partial charge is 0.267 e. The number of hydrogen-bond donors (Lipinski definition) is 2. The number of thiophene rings is 1. The monoisotopic (exact) mass is 316 g/mol. The van der Waals surface area contributed by atoms with Crippen molar-refractivity contribution in [3.63, 3.8) is 0 Å². The maximum Gasteiger partial charge on any atom is 0.267 e. The average molecular weight is 317 g/mol. The summed E-state index contributed by atoms with van der Waals surface area (Å²) < 4.78 is 0.996. The van der Waals surface area contributed by atoms with Gasteiger partial charge in [-0.05, 0) is 30.7 Å². The Bertz CT molecular complexity index is 841. The van der Waals surface area contributed by atoms with Crippen molar-refractivity contribution in [1.82, 2.24) is 0 Å². The van der Waals surface area contributed by atoms with Crippen molar-refractivity contribution >= 4 is 50.3 Å². The molecule has 0 aliphatic rings. The third kappa shape index (κ3) is 2.60. The molecule has 0 radical (unpaired) electrons. The molecule has 3 N–H and O–H groups in total. The fraction of sp³-hybridized carbons (Fsp3) is 0.0625. The number of benzene rings is 2. The molecule has 1 heterocycles. The Kier molecular flexibility index (Phi) is 3.57. The molecule has 0 aliphatic carbocycles. The summed E-state index contributed by atoms with van der Waals surface area (Å²) in [5.41, 5.74) is 8.14. The van der Waals surface area contributed by atoms with E-state index < -0.39 is 0 Å². The fourth-order valence-corrected chi connectivity index (χ4v) is 3.48. The Morgan fingerprint density at radius 2 is 2.00 bits per heavy atom. The van der Waals surface area contributed by atoms with Crippen LogP contribution in [0.25, 0.3) is 10.1 Å². The first-order chi connectivity index (χ1) is 10.1. The summed E-state index contributed by atoms with van der Waals surface area (Å²) in [7, 11) is 0. The molecule has 3 nitrogen and oxygen atoms in total. The number of anilines is 2. The number of nitrogen functional groups attached to an aromatic ring is 1. The van der Waals surface area contributed by atoms with Crippen molar-refractivity contribution in [2.45, 2.75) is 6.92 Å². The number of amides is 1. The zero-order valence-electron chi connectivity index (χ0n) is 11.3. The van der Waals surface area contributed by atoms with Gasteiger partial charge in [0.25, 0.3) is 5.91 Å². The van der Waals surface area contributed by atoms with Gasteiger partial charge in [0.1, 0.15) is 4.88 Å². The van der Waals surface area contributed by atoms with E-state index in [2.05, 4.69) is 5.32 Å². The van der Waals surface area contributed by atoms with Crippen LogP contribution in [0, 0.1) is 6.92 Å².